The van der Waals surface area contributed by atoms with E-state index in [4.69, 9.17) is 4.98 Å². The molecule has 1 aliphatic rings. The molecule has 0 saturated carbocycles. The van der Waals surface area contributed by atoms with Gasteiger partial charge in [-0.05, 0) is 25.8 Å². The fraction of sp³-hybridized carbons (Fsp3) is 0.750. The molecule has 1 N–H and O–H groups in total. The van der Waals surface area contributed by atoms with Gasteiger partial charge in [-0.15, -0.1) is 11.3 Å². The summed E-state index contributed by atoms with van der Waals surface area (Å²) >= 11 is 1.92. The molecule has 0 amide bonds. The first-order valence-electron chi connectivity index (χ1n) is 5.95. The lowest BCUT2D eigenvalue weighted by atomic mass is 9.97. The van der Waals surface area contributed by atoms with Crippen molar-refractivity contribution in [2.75, 3.05) is 6.54 Å². The summed E-state index contributed by atoms with van der Waals surface area (Å²) in [7, 11) is 0. The summed E-state index contributed by atoms with van der Waals surface area (Å²) in [5, 5.41) is 4.85. The summed E-state index contributed by atoms with van der Waals surface area (Å²) in [6.07, 6.45) is 3.80. The van der Waals surface area contributed by atoms with E-state index in [1.165, 1.54) is 34.8 Å². The molecule has 0 radical (unpaired) electrons. The van der Waals surface area contributed by atoms with Crippen molar-refractivity contribution in [3.8, 4) is 0 Å². The van der Waals surface area contributed by atoms with Crippen LogP contribution < -0.4 is 5.32 Å². The van der Waals surface area contributed by atoms with Crippen LogP contribution in [0.15, 0.2) is 0 Å². The van der Waals surface area contributed by atoms with Crippen LogP contribution in [0.3, 0.4) is 0 Å². The zero-order chi connectivity index (χ0) is 10.8. The fourth-order valence-electron chi connectivity index (χ4n) is 2.13. The minimum absolute atomic E-state index is 0.516. The van der Waals surface area contributed by atoms with Gasteiger partial charge in [-0.25, -0.2) is 4.98 Å². The highest BCUT2D eigenvalue weighted by Crippen LogP contribution is 2.35. The number of nitrogens with one attached hydrogen (secondary N) is 1. The van der Waals surface area contributed by atoms with Crippen LogP contribution in [0.25, 0.3) is 0 Å². The van der Waals surface area contributed by atoms with E-state index in [-0.39, 0.29) is 0 Å². The smallest absolute Gasteiger partial charge is 0.0957 e. The molecule has 0 bridgehead atoms. The molecule has 1 unspecified atom stereocenters. The second-order valence-electron chi connectivity index (χ2n) is 4.52. The van der Waals surface area contributed by atoms with Gasteiger partial charge in [0, 0.05) is 10.8 Å². The average Bonchev–Trinajstić information content (AvgIpc) is 2.63. The predicted octanol–water partition coefficient (Wildman–Crippen LogP) is 3.25. The predicted molar refractivity (Wildman–Crippen MR) is 65.6 cm³/mol. The first-order valence-corrected chi connectivity index (χ1v) is 6.77. The van der Waals surface area contributed by atoms with Crippen LogP contribution in [0.1, 0.15) is 61.2 Å². The van der Waals surface area contributed by atoms with Crippen molar-refractivity contribution in [3.05, 3.63) is 15.6 Å². The van der Waals surface area contributed by atoms with Gasteiger partial charge in [-0.1, -0.05) is 20.8 Å². The number of hydrogen-bond donors (Lipinski definition) is 1. The summed E-state index contributed by atoms with van der Waals surface area (Å²) in [4.78, 5) is 6.33. The Balaban J connectivity index is 2.26. The van der Waals surface area contributed by atoms with Gasteiger partial charge in [-0.2, -0.15) is 0 Å². The Morgan fingerprint density at radius 1 is 1.53 bits per heavy atom. The van der Waals surface area contributed by atoms with Gasteiger partial charge >= 0.3 is 0 Å². The van der Waals surface area contributed by atoms with E-state index in [9.17, 15) is 0 Å². The number of fused-ring (bicyclic) bond motifs is 1. The van der Waals surface area contributed by atoms with E-state index >= 15 is 0 Å². The van der Waals surface area contributed by atoms with Crippen LogP contribution in [-0.4, -0.2) is 11.5 Å². The Morgan fingerprint density at radius 3 is 3.00 bits per heavy atom. The van der Waals surface area contributed by atoms with Crippen molar-refractivity contribution in [2.24, 2.45) is 0 Å². The monoisotopic (exact) mass is 224 g/mol. The largest absolute Gasteiger partial charge is 0.309 e. The van der Waals surface area contributed by atoms with Crippen LogP contribution in [0, 0.1) is 0 Å². The second kappa shape index (κ2) is 4.62. The molecule has 15 heavy (non-hydrogen) atoms. The molecule has 0 aliphatic heterocycles. The molecule has 1 atom stereocenters. The van der Waals surface area contributed by atoms with Crippen molar-refractivity contribution in [3.63, 3.8) is 0 Å². The van der Waals surface area contributed by atoms with Crippen LogP contribution in [0.4, 0.5) is 0 Å². The Morgan fingerprint density at radius 2 is 2.33 bits per heavy atom. The van der Waals surface area contributed by atoms with Crippen LogP contribution >= 0.6 is 11.3 Å². The summed E-state index contributed by atoms with van der Waals surface area (Å²) < 4.78 is 0. The molecular formula is C12H20N2S. The molecule has 1 heterocycles. The Kier molecular flexibility index (Phi) is 3.42. The molecule has 3 heteroatoms. The molecule has 1 aromatic rings. The molecule has 1 aliphatic carbocycles. The summed E-state index contributed by atoms with van der Waals surface area (Å²) in [6.45, 7) is 7.67. The average molecular weight is 224 g/mol. The lowest BCUT2D eigenvalue weighted by Crippen LogP contribution is -2.24. The maximum Gasteiger partial charge on any atom is 0.0957 e. The third kappa shape index (κ3) is 2.23. The number of aryl methyl sites for hydroxylation is 1. The number of hydrogen-bond acceptors (Lipinski definition) is 3. The zero-order valence-electron chi connectivity index (χ0n) is 9.84. The topological polar surface area (TPSA) is 24.9 Å². The Bertz CT molecular complexity index is 330. The fourth-order valence-corrected chi connectivity index (χ4v) is 3.30. The highest BCUT2D eigenvalue weighted by molar-refractivity contribution is 7.11. The zero-order valence-corrected chi connectivity index (χ0v) is 10.7. The number of nitrogens with zero attached hydrogens (tertiary/aromatic N) is 1. The van der Waals surface area contributed by atoms with Crippen LogP contribution in [0.5, 0.6) is 0 Å². The summed E-state index contributed by atoms with van der Waals surface area (Å²) in [5.41, 5.74) is 1.34. The first kappa shape index (κ1) is 11.1. The van der Waals surface area contributed by atoms with Gasteiger partial charge in [0.1, 0.15) is 0 Å². The summed E-state index contributed by atoms with van der Waals surface area (Å²) in [5.74, 6) is 0.572. The standard InChI is InChI=1S/C12H20N2S/c1-4-13-9-6-5-7-10-11(9)14-12(15-10)8(2)3/h8-9,13H,4-7H2,1-3H3. The molecule has 2 rings (SSSR count). The maximum atomic E-state index is 4.81. The highest BCUT2D eigenvalue weighted by Gasteiger charge is 2.24. The minimum Gasteiger partial charge on any atom is -0.309 e. The van der Waals surface area contributed by atoms with Crippen molar-refractivity contribution in [1.29, 1.82) is 0 Å². The van der Waals surface area contributed by atoms with Gasteiger partial charge in [-0.3, -0.25) is 0 Å². The maximum absolute atomic E-state index is 4.81. The highest BCUT2D eigenvalue weighted by atomic mass is 32.1. The van der Waals surface area contributed by atoms with Gasteiger partial charge in [0.15, 0.2) is 0 Å². The van der Waals surface area contributed by atoms with Gasteiger partial charge in [0.05, 0.1) is 16.7 Å². The van der Waals surface area contributed by atoms with E-state index in [1.807, 2.05) is 11.3 Å². The van der Waals surface area contributed by atoms with E-state index in [0.29, 0.717) is 12.0 Å². The van der Waals surface area contributed by atoms with Gasteiger partial charge in [0.2, 0.25) is 0 Å². The molecule has 0 aromatic carbocycles. The second-order valence-corrected chi connectivity index (χ2v) is 5.63. The molecule has 1 aromatic heterocycles. The quantitative estimate of drug-likeness (QED) is 0.852. The number of aromatic nitrogens is 1. The molecule has 0 saturated heterocycles. The third-order valence-corrected chi connectivity index (χ3v) is 4.35. The minimum atomic E-state index is 0.516. The van der Waals surface area contributed by atoms with E-state index < -0.39 is 0 Å². The van der Waals surface area contributed by atoms with Crippen LogP contribution in [0.2, 0.25) is 0 Å². The van der Waals surface area contributed by atoms with Crippen LogP contribution in [-0.2, 0) is 6.42 Å². The third-order valence-electron chi connectivity index (χ3n) is 2.92. The molecule has 0 fully saturated rings. The molecule has 0 spiro atoms. The normalized spacial score (nSPS) is 20.7. The van der Waals surface area contributed by atoms with E-state index in [0.717, 1.165) is 6.54 Å². The van der Waals surface area contributed by atoms with Crippen molar-refractivity contribution in [1.82, 2.24) is 10.3 Å². The van der Waals surface area contributed by atoms with Gasteiger partial charge < -0.3 is 5.32 Å². The molecule has 84 valence electrons. The molecular weight excluding hydrogens is 204 g/mol. The van der Waals surface area contributed by atoms with Gasteiger partial charge in [0.25, 0.3) is 0 Å². The Labute approximate surface area is 96.1 Å². The van der Waals surface area contributed by atoms with E-state index in [2.05, 4.69) is 26.1 Å². The SMILES string of the molecule is CCNC1CCCc2sc(C(C)C)nc21. The van der Waals surface area contributed by atoms with Crippen molar-refractivity contribution >= 4 is 11.3 Å². The number of rotatable bonds is 3. The lowest BCUT2D eigenvalue weighted by molar-refractivity contribution is 0.464. The first-order chi connectivity index (χ1) is 7.22. The Hall–Kier alpha value is -0.410. The van der Waals surface area contributed by atoms with Crippen molar-refractivity contribution in [2.45, 2.75) is 52.0 Å². The van der Waals surface area contributed by atoms with E-state index in [1.54, 1.807) is 0 Å². The lowest BCUT2D eigenvalue weighted by Gasteiger charge is -2.21. The van der Waals surface area contributed by atoms with Crippen molar-refractivity contribution < 1.29 is 0 Å². The number of thiazole rings is 1. The summed E-state index contributed by atoms with van der Waals surface area (Å²) in [6, 6.07) is 0.516. The molecule has 2 nitrogen and oxygen atoms in total.